The fourth-order valence-corrected chi connectivity index (χ4v) is 10.8. The Labute approximate surface area is 337 Å². The third kappa shape index (κ3) is 4.54. The van der Waals surface area contributed by atoms with Gasteiger partial charge in [0.25, 0.3) is 0 Å². The van der Waals surface area contributed by atoms with Gasteiger partial charge in [0.1, 0.15) is 0 Å². The monoisotopic (exact) mass is 750 g/mol. The lowest BCUT2D eigenvalue weighted by Gasteiger charge is -2.42. The number of allylic oxidation sites excluding steroid dienone is 1. The molecule has 9 aromatic rings. The molecule has 4 unspecified atom stereocenters. The van der Waals surface area contributed by atoms with Crippen molar-refractivity contribution >= 4 is 44.4 Å². The van der Waals surface area contributed by atoms with Crippen molar-refractivity contribution in [3.05, 3.63) is 167 Å². The third-order valence-electron chi connectivity index (χ3n) is 13.9. The second-order valence-corrected chi connectivity index (χ2v) is 16.7. The van der Waals surface area contributed by atoms with Crippen LogP contribution in [0.3, 0.4) is 0 Å². The SMILES string of the molecule is CC1c2cc3c4c(n(-c5ccccc5)c3c3c2-c2c(cc5c6cc(-c7ncccn7)ccc6n(-c6ccccc6)c5c2C(C)C3C)C1C)CCC(c1ncccn1)=C4. The Bertz CT molecular complexity index is 3160. The van der Waals surface area contributed by atoms with Crippen LogP contribution in [0.5, 0.6) is 0 Å². The van der Waals surface area contributed by atoms with E-state index in [0.717, 1.165) is 30.1 Å². The highest BCUT2D eigenvalue weighted by Gasteiger charge is 2.43. The van der Waals surface area contributed by atoms with Gasteiger partial charge in [0.05, 0.1) is 16.6 Å². The second-order valence-electron chi connectivity index (χ2n) is 16.7. The van der Waals surface area contributed by atoms with Crippen molar-refractivity contribution in [1.29, 1.82) is 0 Å². The molecular formula is C52H42N6. The number of rotatable bonds is 4. The van der Waals surface area contributed by atoms with E-state index in [1.54, 1.807) is 0 Å². The molecule has 58 heavy (non-hydrogen) atoms. The van der Waals surface area contributed by atoms with Crippen LogP contribution in [-0.4, -0.2) is 29.1 Å². The average molecular weight is 751 g/mol. The van der Waals surface area contributed by atoms with E-state index in [1.165, 1.54) is 94.3 Å². The molecule has 0 fully saturated rings. The van der Waals surface area contributed by atoms with Gasteiger partial charge in [0.2, 0.25) is 0 Å². The number of benzene rings is 5. The number of hydrogen-bond acceptors (Lipinski definition) is 4. The molecule has 0 spiro atoms. The molecule has 0 N–H and O–H groups in total. The van der Waals surface area contributed by atoms with E-state index >= 15 is 0 Å². The molecule has 3 aliphatic rings. The van der Waals surface area contributed by atoms with Crippen LogP contribution in [0.1, 0.15) is 97.1 Å². The van der Waals surface area contributed by atoms with E-state index in [-0.39, 0.29) is 11.8 Å². The molecule has 0 saturated heterocycles. The van der Waals surface area contributed by atoms with Crippen LogP contribution in [-0.2, 0) is 6.42 Å². The van der Waals surface area contributed by atoms with Crippen molar-refractivity contribution in [3.63, 3.8) is 0 Å². The fourth-order valence-electron chi connectivity index (χ4n) is 10.8. The largest absolute Gasteiger partial charge is 0.313 e. The lowest BCUT2D eigenvalue weighted by atomic mass is 9.62. The van der Waals surface area contributed by atoms with Crippen LogP contribution in [0.25, 0.3) is 78.2 Å². The lowest BCUT2D eigenvalue weighted by molar-refractivity contribution is 0.584. The quantitative estimate of drug-likeness (QED) is 0.180. The molecule has 4 aromatic heterocycles. The van der Waals surface area contributed by atoms with Gasteiger partial charge < -0.3 is 9.13 Å². The average Bonchev–Trinajstić information content (AvgIpc) is 3.79. The summed E-state index contributed by atoms with van der Waals surface area (Å²) in [6.45, 7) is 9.89. The highest BCUT2D eigenvalue weighted by molar-refractivity contribution is 6.15. The van der Waals surface area contributed by atoms with E-state index < -0.39 is 0 Å². The Hall–Kier alpha value is -6.66. The summed E-state index contributed by atoms with van der Waals surface area (Å²) in [5, 5.41) is 3.89. The molecule has 12 rings (SSSR count). The van der Waals surface area contributed by atoms with Gasteiger partial charge in [-0.2, -0.15) is 0 Å². The van der Waals surface area contributed by atoms with Crippen molar-refractivity contribution in [1.82, 2.24) is 29.1 Å². The Kier molecular flexibility index (Phi) is 7.17. The van der Waals surface area contributed by atoms with Crippen LogP contribution in [0.15, 0.2) is 128 Å². The number of fused-ring (bicyclic) bond motifs is 8. The van der Waals surface area contributed by atoms with Crippen LogP contribution in [0.4, 0.5) is 0 Å². The number of nitrogens with zero attached hydrogens (tertiary/aromatic N) is 6. The summed E-state index contributed by atoms with van der Waals surface area (Å²) in [4.78, 5) is 18.7. The Balaban J connectivity index is 1.22. The van der Waals surface area contributed by atoms with Gasteiger partial charge in [0.15, 0.2) is 11.6 Å². The van der Waals surface area contributed by atoms with Crippen molar-refractivity contribution in [2.75, 3.05) is 0 Å². The predicted molar refractivity (Wildman–Crippen MR) is 236 cm³/mol. The molecule has 3 aliphatic carbocycles. The summed E-state index contributed by atoms with van der Waals surface area (Å²) in [7, 11) is 0. The highest BCUT2D eigenvalue weighted by Crippen LogP contribution is 2.61. The first-order valence-corrected chi connectivity index (χ1v) is 20.7. The van der Waals surface area contributed by atoms with Crippen LogP contribution >= 0.6 is 0 Å². The summed E-state index contributed by atoms with van der Waals surface area (Å²) in [6, 6.07) is 37.7. The van der Waals surface area contributed by atoms with Gasteiger partial charge in [-0.3, -0.25) is 0 Å². The zero-order chi connectivity index (χ0) is 38.8. The van der Waals surface area contributed by atoms with E-state index in [2.05, 4.69) is 144 Å². The molecule has 4 atom stereocenters. The highest BCUT2D eigenvalue weighted by atomic mass is 15.0. The summed E-state index contributed by atoms with van der Waals surface area (Å²) in [5.41, 5.74) is 20.0. The number of hydrogen-bond donors (Lipinski definition) is 0. The zero-order valence-corrected chi connectivity index (χ0v) is 33.1. The van der Waals surface area contributed by atoms with E-state index in [1.807, 2.05) is 36.9 Å². The van der Waals surface area contributed by atoms with Gasteiger partial charge in [-0.15, -0.1) is 0 Å². The summed E-state index contributed by atoms with van der Waals surface area (Å²) in [6.07, 6.45) is 11.6. The lowest BCUT2D eigenvalue weighted by Crippen LogP contribution is -2.24. The van der Waals surface area contributed by atoms with E-state index in [0.29, 0.717) is 11.8 Å². The molecule has 0 bridgehead atoms. The normalized spacial score (nSPS) is 19.3. The van der Waals surface area contributed by atoms with Gasteiger partial charge in [-0.25, -0.2) is 19.9 Å². The standard InChI is InChI=1S/C52H42N6/c1-29-30(2)38-28-42-40-26-34(52-55-23-12-24-56-52)18-20-44(40)58(36-15-9-6-10-16-36)50(42)46-32(4)31(3)45-47(48(38)46)37(29)27-41-39-25-33(51-53-21-11-22-54-51)17-19-43(39)57(49(41)45)35-13-7-5-8-14-35/h5-17,19,21-32H,18,20H2,1-4H3. The molecular weight excluding hydrogens is 709 g/mol. The summed E-state index contributed by atoms with van der Waals surface area (Å²) in [5.74, 6) is 2.72. The van der Waals surface area contributed by atoms with Crippen molar-refractivity contribution in [2.45, 2.75) is 64.2 Å². The molecule has 0 radical (unpaired) electrons. The van der Waals surface area contributed by atoms with Crippen LogP contribution in [0, 0.1) is 0 Å². The van der Waals surface area contributed by atoms with Gasteiger partial charge in [0, 0.05) is 69.1 Å². The maximum atomic E-state index is 4.70. The molecule has 280 valence electrons. The Morgan fingerprint density at radius 1 is 0.500 bits per heavy atom. The molecule has 6 nitrogen and oxygen atoms in total. The van der Waals surface area contributed by atoms with Crippen LogP contribution in [0.2, 0.25) is 0 Å². The van der Waals surface area contributed by atoms with E-state index in [4.69, 9.17) is 9.97 Å². The maximum Gasteiger partial charge on any atom is 0.159 e. The zero-order valence-electron chi connectivity index (χ0n) is 33.1. The van der Waals surface area contributed by atoms with Gasteiger partial charge in [-0.05, 0) is 148 Å². The topological polar surface area (TPSA) is 61.4 Å². The minimum Gasteiger partial charge on any atom is -0.313 e. The molecule has 6 heteroatoms. The number of para-hydroxylation sites is 2. The van der Waals surface area contributed by atoms with Gasteiger partial charge >= 0.3 is 0 Å². The first-order chi connectivity index (χ1) is 28.5. The number of aromatic nitrogens is 6. The van der Waals surface area contributed by atoms with Crippen molar-refractivity contribution in [3.8, 4) is 33.9 Å². The van der Waals surface area contributed by atoms with Crippen LogP contribution < -0.4 is 0 Å². The predicted octanol–water partition coefficient (Wildman–Crippen LogP) is 12.6. The Morgan fingerprint density at radius 3 is 1.67 bits per heavy atom. The summed E-state index contributed by atoms with van der Waals surface area (Å²) < 4.78 is 5.15. The molecule has 5 aromatic carbocycles. The Morgan fingerprint density at radius 2 is 1.05 bits per heavy atom. The minimum absolute atomic E-state index is 0.243. The second kappa shape index (κ2) is 12.4. The fraction of sp³-hybridized carbons (Fsp3) is 0.192. The molecule has 0 amide bonds. The minimum atomic E-state index is 0.243. The maximum absolute atomic E-state index is 4.70. The third-order valence-corrected chi connectivity index (χ3v) is 13.9. The first-order valence-electron chi connectivity index (χ1n) is 20.7. The molecule has 0 saturated carbocycles. The summed E-state index contributed by atoms with van der Waals surface area (Å²) >= 11 is 0. The first kappa shape index (κ1) is 33.5. The molecule has 0 aliphatic heterocycles. The smallest absolute Gasteiger partial charge is 0.159 e. The van der Waals surface area contributed by atoms with Crippen molar-refractivity contribution < 1.29 is 0 Å². The molecule has 4 heterocycles. The van der Waals surface area contributed by atoms with E-state index in [9.17, 15) is 0 Å². The van der Waals surface area contributed by atoms with Gasteiger partial charge in [-0.1, -0.05) is 64.1 Å². The van der Waals surface area contributed by atoms with Crippen molar-refractivity contribution in [2.24, 2.45) is 0 Å².